The summed E-state index contributed by atoms with van der Waals surface area (Å²) in [5.74, 6) is 0.620. The van der Waals surface area contributed by atoms with E-state index in [1.807, 2.05) is 36.0 Å². The third-order valence-electron chi connectivity index (χ3n) is 4.37. The van der Waals surface area contributed by atoms with E-state index in [-0.39, 0.29) is 5.91 Å². The van der Waals surface area contributed by atoms with E-state index in [1.54, 1.807) is 13.2 Å². The number of aryl methyl sites for hydroxylation is 1. The van der Waals surface area contributed by atoms with Gasteiger partial charge >= 0.3 is 0 Å². The molecule has 1 aliphatic heterocycles. The average molecular weight is 328 g/mol. The summed E-state index contributed by atoms with van der Waals surface area (Å²) in [5.41, 5.74) is 2.53. The van der Waals surface area contributed by atoms with E-state index < -0.39 is 0 Å². The molecule has 0 aliphatic carbocycles. The minimum Gasteiger partial charge on any atom is -0.496 e. The Labute approximate surface area is 142 Å². The number of methoxy groups -OCH3 is 1. The van der Waals surface area contributed by atoms with Crippen LogP contribution in [-0.2, 0) is 6.54 Å². The lowest BCUT2D eigenvalue weighted by Crippen LogP contribution is -2.32. The van der Waals surface area contributed by atoms with Gasteiger partial charge in [0.05, 0.1) is 13.2 Å². The summed E-state index contributed by atoms with van der Waals surface area (Å²) < 4.78 is 7.27. The number of carbonyl (C=O) groups excluding carboxylic acids is 1. The predicted octanol–water partition coefficient (Wildman–Crippen LogP) is 2.05. The van der Waals surface area contributed by atoms with Crippen LogP contribution in [0.3, 0.4) is 0 Å². The van der Waals surface area contributed by atoms with Crippen LogP contribution in [0.15, 0.2) is 30.5 Å². The summed E-state index contributed by atoms with van der Waals surface area (Å²) in [6.45, 7) is 4.39. The van der Waals surface area contributed by atoms with Crippen LogP contribution in [0.25, 0.3) is 0 Å². The summed E-state index contributed by atoms with van der Waals surface area (Å²) in [4.78, 5) is 12.3. The van der Waals surface area contributed by atoms with Gasteiger partial charge in [0.2, 0.25) is 0 Å². The van der Waals surface area contributed by atoms with E-state index in [4.69, 9.17) is 4.74 Å². The molecular formula is C18H24N4O2. The lowest BCUT2D eigenvalue weighted by Gasteiger charge is -2.22. The second kappa shape index (κ2) is 7.49. The molecule has 24 heavy (non-hydrogen) atoms. The second-order valence-electron chi connectivity index (χ2n) is 6.18. The van der Waals surface area contributed by atoms with Gasteiger partial charge in [-0.2, -0.15) is 5.10 Å². The van der Waals surface area contributed by atoms with Gasteiger partial charge in [-0.3, -0.25) is 9.48 Å². The first-order chi connectivity index (χ1) is 11.7. The zero-order valence-electron chi connectivity index (χ0n) is 14.2. The van der Waals surface area contributed by atoms with Crippen molar-refractivity contribution in [2.24, 2.45) is 0 Å². The predicted molar refractivity (Wildman–Crippen MR) is 92.3 cm³/mol. The van der Waals surface area contributed by atoms with E-state index >= 15 is 0 Å². The van der Waals surface area contributed by atoms with Crippen molar-refractivity contribution in [1.82, 2.24) is 20.4 Å². The number of rotatable bonds is 5. The number of carbonyl (C=O) groups is 1. The number of hydrogen-bond acceptors (Lipinski definition) is 4. The van der Waals surface area contributed by atoms with Crippen LogP contribution < -0.4 is 15.4 Å². The number of ether oxygens (including phenoxy) is 1. The molecule has 1 aromatic carbocycles. The van der Waals surface area contributed by atoms with Gasteiger partial charge in [0.15, 0.2) is 0 Å². The maximum absolute atomic E-state index is 12.3. The lowest BCUT2D eigenvalue weighted by molar-refractivity contribution is 0.0944. The first kappa shape index (κ1) is 16.5. The molecule has 1 saturated heterocycles. The summed E-state index contributed by atoms with van der Waals surface area (Å²) in [7, 11) is 1.64. The molecular weight excluding hydrogens is 304 g/mol. The van der Waals surface area contributed by atoms with Crippen LogP contribution in [0.4, 0.5) is 0 Å². The highest BCUT2D eigenvalue weighted by atomic mass is 16.5. The molecule has 2 N–H and O–H groups in total. The molecule has 1 aromatic heterocycles. The van der Waals surface area contributed by atoms with E-state index in [1.165, 1.54) is 0 Å². The number of nitrogens with one attached hydrogen (secondary N) is 2. The molecule has 6 heteroatoms. The highest BCUT2D eigenvalue weighted by Gasteiger charge is 2.17. The smallest absolute Gasteiger partial charge is 0.272 e. The Morgan fingerprint density at radius 2 is 2.33 bits per heavy atom. The molecule has 128 valence electrons. The van der Waals surface area contributed by atoms with Crippen molar-refractivity contribution in [3.05, 3.63) is 47.3 Å². The third kappa shape index (κ3) is 3.76. The number of amides is 1. The second-order valence-corrected chi connectivity index (χ2v) is 6.18. The molecule has 6 nitrogen and oxygen atoms in total. The highest BCUT2D eigenvalue weighted by molar-refractivity contribution is 5.92. The van der Waals surface area contributed by atoms with Crippen LogP contribution in [0.5, 0.6) is 5.75 Å². The summed E-state index contributed by atoms with van der Waals surface area (Å²) in [6, 6.07) is 8.05. The number of aromatic nitrogens is 2. The molecule has 0 radical (unpaired) electrons. The van der Waals surface area contributed by atoms with Gasteiger partial charge in [0, 0.05) is 24.8 Å². The molecule has 1 amide bonds. The molecule has 1 aliphatic rings. The monoisotopic (exact) mass is 328 g/mol. The Morgan fingerprint density at radius 1 is 1.46 bits per heavy atom. The van der Waals surface area contributed by atoms with Crippen LogP contribution in [-0.4, -0.2) is 35.9 Å². The Balaban J connectivity index is 1.62. The van der Waals surface area contributed by atoms with E-state index in [0.717, 1.165) is 42.8 Å². The van der Waals surface area contributed by atoms with Crippen LogP contribution >= 0.6 is 0 Å². The summed E-state index contributed by atoms with van der Waals surface area (Å²) >= 11 is 0. The fraction of sp³-hybridized carbons (Fsp3) is 0.444. The molecule has 2 heterocycles. The van der Waals surface area contributed by atoms with E-state index in [9.17, 15) is 4.79 Å². The first-order valence-electron chi connectivity index (χ1n) is 8.35. The first-order valence-corrected chi connectivity index (χ1v) is 8.35. The zero-order chi connectivity index (χ0) is 16.9. The van der Waals surface area contributed by atoms with E-state index in [2.05, 4.69) is 15.7 Å². The molecule has 1 unspecified atom stereocenters. The number of piperidine rings is 1. The van der Waals surface area contributed by atoms with Crippen molar-refractivity contribution >= 4 is 5.91 Å². The number of nitrogens with zero attached hydrogens (tertiary/aromatic N) is 2. The summed E-state index contributed by atoms with van der Waals surface area (Å²) in [6.07, 6.45) is 4.12. The fourth-order valence-electron chi connectivity index (χ4n) is 2.99. The van der Waals surface area contributed by atoms with E-state index in [0.29, 0.717) is 18.3 Å². The zero-order valence-corrected chi connectivity index (χ0v) is 14.2. The van der Waals surface area contributed by atoms with Gasteiger partial charge in [-0.15, -0.1) is 0 Å². The fourth-order valence-corrected chi connectivity index (χ4v) is 2.99. The minimum atomic E-state index is -0.167. The molecule has 1 atom stereocenters. The largest absolute Gasteiger partial charge is 0.496 e. The molecule has 1 fully saturated rings. The van der Waals surface area contributed by atoms with Gasteiger partial charge in [-0.05, 0) is 44.0 Å². The molecule has 3 rings (SSSR count). The topological polar surface area (TPSA) is 68.2 Å². The number of benzene rings is 1. The average Bonchev–Trinajstić information content (AvgIpc) is 3.11. The van der Waals surface area contributed by atoms with Crippen LogP contribution in [0.1, 0.15) is 40.5 Å². The molecule has 2 aromatic rings. The van der Waals surface area contributed by atoms with Gasteiger partial charge in [0.25, 0.3) is 5.91 Å². The minimum absolute atomic E-state index is 0.167. The molecule has 0 spiro atoms. The van der Waals surface area contributed by atoms with Crippen molar-refractivity contribution in [3.63, 3.8) is 0 Å². The Hall–Kier alpha value is -2.34. The SMILES string of the molecule is COc1cc(C)ccc1CNC(=O)c1ccn(C2CCCNC2)n1. The van der Waals surface area contributed by atoms with Crippen molar-refractivity contribution in [1.29, 1.82) is 0 Å². The van der Waals surface area contributed by atoms with Crippen molar-refractivity contribution in [2.45, 2.75) is 32.4 Å². The Bertz CT molecular complexity index is 705. The van der Waals surface area contributed by atoms with Crippen LogP contribution in [0.2, 0.25) is 0 Å². The number of hydrogen-bond donors (Lipinski definition) is 2. The lowest BCUT2D eigenvalue weighted by atomic mass is 10.1. The quantitative estimate of drug-likeness (QED) is 0.881. The Kier molecular flexibility index (Phi) is 5.15. The van der Waals surface area contributed by atoms with Gasteiger partial charge in [0.1, 0.15) is 11.4 Å². The normalized spacial score (nSPS) is 17.5. The van der Waals surface area contributed by atoms with Crippen LogP contribution in [0, 0.1) is 6.92 Å². The highest BCUT2D eigenvalue weighted by Crippen LogP contribution is 2.20. The molecule has 0 saturated carbocycles. The van der Waals surface area contributed by atoms with Gasteiger partial charge in [-0.25, -0.2) is 0 Å². The third-order valence-corrected chi connectivity index (χ3v) is 4.37. The maximum Gasteiger partial charge on any atom is 0.272 e. The maximum atomic E-state index is 12.3. The Morgan fingerprint density at radius 3 is 3.08 bits per heavy atom. The van der Waals surface area contributed by atoms with Gasteiger partial charge in [-0.1, -0.05) is 12.1 Å². The van der Waals surface area contributed by atoms with Crippen molar-refractivity contribution in [3.8, 4) is 5.75 Å². The molecule has 0 bridgehead atoms. The standard InChI is InChI=1S/C18H24N4O2/c1-13-5-6-14(17(10-13)24-2)11-20-18(23)16-7-9-22(21-16)15-4-3-8-19-12-15/h5-7,9-10,15,19H,3-4,8,11-12H2,1-2H3,(H,20,23). The van der Waals surface area contributed by atoms with Crippen molar-refractivity contribution < 1.29 is 9.53 Å². The van der Waals surface area contributed by atoms with Gasteiger partial charge < -0.3 is 15.4 Å². The van der Waals surface area contributed by atoms with Crippen molar-refractivity contribution in [2.75, 3.05) is 20.2 Å². The summed E-state index contributed by atoms with van der Waals surface area (Å²) in [5, 5.41) is 10.7.